The number of imidazole rings is 1. The Bertz CT molecular complexity index is 1610. The number of fused-ring (bicyclic) bond motifs is 2. The molecule has 2 aliphatic rings. The summed E-state index contributed by atoms with van der Waals surface area (Å²) < 4.78 is 33.6. The molecular weight excluding hydrogens is 549 g/mol. The Morgan fingerprint density at radius 3 is 2.67 bits per heavy atom. The molecular formula is C25H29ClFN7O4S. The van der Waals surface area contributed by atoms with Crippen LogP contribution in [0.5, 0.6) is 0 Å². The smallest absolute Gasteiger partial charge is 0.410 e. The monoisotopic (exact) mass is 577 g/mol. The zero-order valence-corrected chi connectivity index (χ0v) is 23.4. The molecule has 0 spiro atoms. The number of thiol groups is 1. The van der Waals surface area contributed by atoms with Crippen molar-refractivity contribution < 1.29 is 23.3 Å². The lowest BCUT2D eigenvalue weighted by Crippen LogP contribution is -2.70. The first-order chi connectivity index (χ1) is 18.3. The Morgan fingerprint density at radius 1 is 1.21 bits per heavy atom. The topological polar surface area (TPSA) is 150 Å². The van der Waals surface area contributed by atoms with Gasteiger partial charge in [0.2, 0.25) is 0 Å². The summed E-state index contributed by atoms with van der Waals surface area (Å²) in [6.07, 6.45) is 1.42. The van der Waals surface area contributed by atoms with Gasteiger partial charge in [-0.3, -0.25) is 24.0 Å². The summed E-state index contributed by atoms with van der Waals surface area (Å²) in [6, 6.07) is 5.81. The van der Waals surface area contributed by atoms with Crippen LogP contribution in [-0.4, -0.2) is 58.1 Å². The lowest BCUT2D eigenvalue weighted by Gasteiger charge is -2.56. The van der Waals surface area contributed by atoms with Crippen molar-refractivity contribution in [3.05, 3.63) is 58.4 Å². The lowest BCUT2D eigenvalue weighted by molar-refractivity contribution is 0.102. The summed E-state index contributed by atoms with van der Waals surface area (Å²) in [7, 11) is -3.38. The number of hydrogen-bond donors (Lipinski definition) is 5. The maximum atomic E-state index is 15.4. The summed E-state index contributed by atoms with van der Waals surface area (Å²) >= 11 is 6.08. The minimum absolute atomic E-state index is 0.0403. The van der Waals surface area contributed by atoms with E-state index in [2.05, 4.69) is 30.3 Å². The van der Waals surface area contributed by atoms with Gasteiger partial charge in [0.1, 0.15) is 34.4 Å². The molecule has 11 nitrogen and oxygen atoms in total. The number of nitrogens with one attached hydrogen (secondary N) is 3. The van der Waals surface area contributed by atoms with Crippen LogP contribution in [0.3, 0.4) is 0 Å². The van der Waals surface area contributed by atoms with Gasteiger partial charge >= 0.3 is 6.09 Å². The van der Waals surface area contributed by atoms with E-state index in [4.69, 9.17) is 11.6 Å². The SMILES string of the molecule is Cc1c(C(=O)Nc2ccc(F)c([C@@]3(C)N=C(NC(=O)O)C(C)(C)[SH]4(=O)NCCC[C@H]34)n2)nc2ccc(Cl)cn12. The van der Waals surface area contributed by atoms with Crippen LogP contribution in [0.4, 0.5) is 15.0 Å². The van der Waals surface area contributed by atoms with E-state index in [-0.39, 0.29) is 23.0 Å². The van der Waals surface area contributed by atoms with Crippen LogP contribution in [0.25, 0.3) is 5.65 Å². The maximum absolute atomic E-state index is 15.4. The Kier molecular flexibility index (Phi) is 6.51. The number of carboxylic acid groups (broad SMARTS) is 1. The molecule has 0 aromatic carbocycles. The fourth-order valence-corrected chi connectivity index (χ4v) is 9.44. The van der Waals surface area contributed by atoms with Crippen molar-refractivity contribution in [1.29, 1.82) is 0 Å². The molecule has 14 heteroatoms. The number of amidine groups is 1. The van der Waals surface area contributed by atoms with Gasteiger partial charge in [0, 0.05) is 12.7 Å². The van der Waals surface area contributed by atoms with Gasteiger partial charge in [-0.05, 0) is 74.9 Å². The van der Waals surface area contributed by atoms with E-state index >= 15 is 4.39 Å². The normalized spacial score (nSPS) is 24.4. The van der Waals surface area contributed by atoms with Gasteiger partial charge in [-0.1, -0.05) is 11.6 Å². The van der Waals surface area contributed by atoms with Crippen molar-refractivity contribution in [2.75, 3.05) is 11.9 Å². The first-order valence-electron chi connectivity index (χ1n) is 12.4. The molecule has 3 aromatic rings. The lowest BCUT2D eigenvalue weighted by atomic mass is 9.88. The van der Waals surface area contributed by atoms with Crippen LogP contribution < -0.4 is 15.4 Å². The summed E-state index contributed by atoms with van der Waals surface area (Å²) in [6.45, 7) is 7.13. The first kappa shape index (κ1) is 27.2. The second-order valence-corrected chi connectivity index (χ2v) is 14.2. The third-order valence-corrected chi connectivity index (χ3v) is 12.1. The molecule has 0 saturated carbocycles. The number of aliphatic imine (C=N–C) groups is 1. The van der Waals surface area contributed by atoms with Crippen molar-refractivity contribution in [2.24, 2.45) is 4.99 Å². The molecule has 1 saturated heterocycles. The Morgan fingerprint density at radius 2 is 1.95 bits per heavy atom. The molecule has 0 unspecified atom stereocenters. The van der Waals surface area contributed by atoms with E-state index in [1.807, 2.05) is 0 Å². The number of aryl methyl sites for hydroxylation is 1. The van der Waals surface area contributed by atoms with Crippen LogP contribution in [0, 0.1) is 12.7 Å². The van der Waals surface area contributed by atoms with Crippen LogP contribution in [0.1, 0.15) is 55.5 Å². The number of rotatable bonds is 3. The molecule has 2 aliphatic heterocycles. The predicted octanol–water partition coefficient (Wildman–Crippen LogP) is 3.44. The van der Waals surface area contributed by atoms with E-state index in [9.17, 15) is 18.9 Å². The number of hydrogen-bond acceptors (Lipinski definition) is 6. The number of anilines is 1. The predicted molar refractivity (Wildman–Crippen MR) is 148 cm³/mol. The second-order valence-electron chi connectivity index (χ2n) is 10.4. The molecule has 5 rings (SSSR count). The van der Waals surface area contributed by atoms with Crippen LogP contribution >= 0.6 is 11.6 Å². The van der Waals surface area contributed by atoms with Gasteiger partial charge in [0.25, 0.3) is 5.91 Å². The van der Waals surface area contributed by atoms with Gasteiger partial charge in [0.15, 0.2) is 5.69 Å². The minimum atomic E-state index is -3.38. The number of amides is 2. The fraction of sp³-hybridized carbons (Fsp3) is 0.400. The number of halogens is 2. The standard InChI is InChI=1S/C25H29ClFN7O4S/c1-13-19(31-18-10-7-14(26)12-34(13)18)21(35)30-17-9-8-15(27)20(29-17)25(4)16-6-5-11-28-39(16,38)24(2,3)22(33-25)32-23(36)37/h7-10,12,16,39H,5-6,11H2,1-4H3,(H,28,38)(H,32,33)(H,36,37)(H,29,30,35)/t16-,25+/m1/s1. The van der Waals surface area contributed by atoms with E-state index in [1.54, 1.807) is 50.4 Å². The second kappa shape index (κ2) is 9.35. The van der Waals surface area contributed by atoms with Crippen molar-refractivity contribution >= 4 is 51.0 Å². The third-order valence-electron chi connectivity index (χ3n) is 7.67. The molecule has 0 aliphatic carbocycles. The minimum Gasteiger partial charge on any atom is -0.465 e. The van der Waals surface area contributed by atoms with E-state index in [0.717, 1.165) is 6.07 Å². The molecule has 0 radical (unpaired) electrons. The van der Waals surface area contributed by atoms with Crippen molar-refractivity contribution in [3.8, 4) is 0 Å². The van der Waals surface area contributed by atoms with Gasteiger partial charge in [-0.15, -0.1) is 0 Å². The highest BCUT2D eigenvalue weighted by molar-refractivity contribution is 8.04. The van der Waals surface area contributed by atoms with Gasteiger partial charge in [0.05, 0.1) is 20.7 Å². The molecule has 208 valence electrons. The van der Waals surface area contributed by atoms with E-state index in [0.29, 0.717) is 35.8 Å². The molecule has 3 aromatic heterocycles. The molecule has 2 amide bonds. The van der Waals surface area contributed by atoms with Gasteiger partial charge in [-0.25, -0.2) is 19.2 Å². The Balaban J connectivity index is 1.58. The molecule has 0 bridgehead atoms. The molecule has 4 N–H and O–H groups in total. The van der Waals surface area contributed by atoms with Gasteiger partial charge < -0.3 is 14.8 Å². The average molecular weight is 578 g/mol. The highest BCUT2D eigenvalue weighted by Crippen LogP contribution is 2.48. The summed E-state index contributed by atoms with van der Waals surface area (Å²) in [5, 5.41) is 14.2. The van der Waals surface area contributed by atoms with Gasteiger partial charge in [-0.2, -0.15) is 0 Å². The number of aromatic nitrogens is 3. The largest absolute Gasteiger partial charge is 0.465 e. The average Bonchev–Trinajstić information content (AvgIpc) is 3.19. The molecule has 39 heavy (non-hydrogen) atoms. The third kappa shape index (κ3) is 4.28. The van der Waals surface area contributed by atoms with Crippen molar-refractivity contribution in [2.45, 2.75) is 56.1 Å². The van der Waals surface area contributed by atoms with Crippen molar-refractivity contribution in [1.82, 2.24) is 24.4 Å². The summed E-state index contributed by atoms with van der Waals surface area (Å²) in [5.74, 6) is -1.28. The quantitative estimate of drug-likeness (QED) is 0.301. The summed E-state index contributed by atoms with van der Waals surface area (Å²) in [4.78, 5) is 38.2. The Labute approximate surface area is 229 Å². The highest BCUT2D eigenvalue weighted by atomic mass is 35.5. The van der Waals surface area contributed by atoms with Crippen molar-refractivity contribution in [3.63, 3.8) is 0 Å². The van der Waals surface area contributed by atoms with Crippen LogP contribution in [0.15, 0.2) is 35.5 Å². The number of carbonyl (C=O) groups excluding carboxylic acids is 1. The first-order valence-corrected chi connectivity index (χ1v) is 14.5. The molecule has 1 fully saturated rings. The van der Waals surface area contributed by atoms with Crippen LogP contribution in [0.2, 0.25) is 5.02 Å². The number of pyridine rings is 2. The van der Waals surface area contributed by atoms with Crippen LogP contribution in [-0.2, 0) is 15.7 Å². The zero-order chi connectivity index (χ0) is 28.3. The summed E-state index contributed by atoms with van der Waals surface area (Å²) in [5.41, 5.74) is -0.412. The number of carbonyl (C=O) groups is 2. The molecule has 2 atom stereocenters. The highest BCUT2D eigenvalue weighted by Gasteiger charge is 2.58. The van der Waals surface area contributed by atoms with E-state index in [1.165, 1.54) is 6.07 Å². The fourth-order valence-electron chi connectivity index (χ4n) is 5.54. The van der Waals surface area contributed by atoms with E-state index < -0.39 is 43.5 Å². The maximum Gasteiger partial charge on any atom is 0.410 e. The zero-order valence-electron chi connectivity index (χ0n) is 21.7. The molecule has 5 heterocycles. The Hall–Kier alpha value is -3.42. The number of nitrogens with zero attached hydrogens (tertiary/aromatic N) is 4.